The van der Waals surface area contributed by atoms with Crippen molar-refractivity contribution in [3.05, 3.63) is 53.6 Å². The highest BCUT2D eigenvalue weighted by atomic mass is 16.8. The zero-order valence-electron chi connectivity index (χ0n) is 12.4. The molecule has 0 saturated carbocycles. The SMILES string of the molecule is CC1NCc2ncnc(O[N+]3(C(=O)O)C=Cc4ccccc43)c21. The Bertz CT molecular complexity index is 836. The van der Waals surface area contributed by atoms with Crippen LogP contribution in [0.5, 0.6) is 5.88 Å². The summed E-state index contributed by atoms with van der Waals surface area (Å²) < 4.78 is -0.758. The number of nitrogens with one attached hydrogen (secondary N) is 1. The Hall–Kier alpha value is -2.77. The summed E-state index contributed by atoms with van der Waals surface area (Å²) in [5.41, 5.74) is 3.00. The number of hydrogen-bond donors (Lipinski definition) is 2. The molecule has 2 aromatic rings. The lowest BCUT2D eigenvalue weighted by Crippen LogP contribution is -2.50. The van der Waals surface area contributed by atoms with Crippen molar-refractivity contribution in [2.24, 2.45) is 0 Å². The average Bonchev–Trinajstić information content (AvgIpc) is 3.11. The molecule has 116 valence electrons. The molecule has 0 aliphatic carbocycles. The van der Waals surface area contributed by atoms with Crippen LogP contribution in [0.3, 0.4) is 0 Å². The van der Waals surface area contributed by atoms with Gasteiger partial charge in [0.25, 0.3) is 5.88 Å². The molecule has 2 aliphatic rings. The summed E-state index contributed by atoms with van der Waals surface area (Å²) in [6.07, 6.45) is 3.52. The Labute approximate surface area is 132 Å². The summed E-state index contributed by atoms with van der Waals surface area (Å²) in [5, 5.41) is 13.1. The molecule has 4 rings (SSSR count). The van der Waals surface area contributed by atoms with E-state index < -0.39 is 10.7 Å². The van der Waals surface area contributed by atoms with Gasteiger partial charge in [0.1, 0.15) is 6.33 Å². The quantitative estimate of drug-likeness (QED) is 0.829. The normalized spacial score (nSPS) is 24.3. The highest BCUT2D eigenvalue weighted by Crippen LogP contribution is 2.39. The van der Waals surface area contributed by atoms with Crippen LogP contribution in [-0.2, 0) is 6.54 Å². The highest BCUT2D eigenvalue weighted by Gasteiger charge is 2.48. The fourth-order valence-corrected chi connectivity index (χ4v) is 3.03. The number of hydrogen-bond acceptors (Lipinski definition) is 5. The standard InChI is InChI=1S/C16H14N4O3/c1-10-14-12(8-17-10)18-9-19-15(14)23-20(16(21)22)7-6-11-4-2-3-5-13(11)20/h2-7,9-10,17H,8H2,1H3/p+1. The fourth-order valence-electron chi connectivity index (χ4n) is 3.03. The molecule has 1 aromatic carbocycles. The maximum atomic E-state index is 12.0. The van der Waals surface area contributed by atoms with Crippen molar-refractivity contribution in [2.75, 3.05) is 0 Å². The minimum absolute atomic E-state index is 0.0110. The lowest BCUT2D eigenvalue weighted by atomic mass is 10.1. The van der Waals surface area contributed by atoms with Gasteiger partial charge in [-0.15, -0.1) is 0 Å². The lowest BCUT2D eigenvalue weighted by molar-refractivity contribution is 0.00919. The van der Waals surface area contributed by atoms with Gasteiger partial charge in [0.2, 0.25) is 0 Å². The molecule has 1 amide bonds. The first kappa shape index (κ1) is 13.9. The molecule has 0 radical (unpaired) electrons. The molecule has 0 bridgehead atoms. The van der Waals surface area contributed by atoms with E-state index in [0.717, 1.165) is 16.8 Å². The molecule has 0 fully saturated rings. The summed E-state index contributed by atoms with van der Waals surface area (Å²) in [5.74, 6) is 0.288. The molecule has 23 heavy (non-hydrogen) atoms. The van der Waals surface area contributed by atoms with Crippen LogP contribution in [0.2, 0.25) is 0 Å². The van der Waals surface area contributed by atoms with Crippen molar-refractivity contribution in [1.29, 1.82) is 0 Å². The van der Waals surface area contributed by atoms with Crippen LogP contribution in [0, 0.1) is 0 Å². The zero-order valence-corrected chi connectivity index (χ0v) is 12.4. The first-order valence-electron chi connectivity index (χ1n) is 7.29. The number of quaternary nitrogens is 1. The number of aromatic nitrogens is 2. The second kappa shape index (κ2) is 4.87. The number of carbonyl (C=O) groups is 1. The predicted octanol–water partition coefficient (Wildman–Crippen LogP) is 2.60. The van der Waals surface area contributed by atoms with Crippen molar-refractivity contribution in [3.63, 3.8) is 0 Å². The summed E-state index contributed by atoms with van der Waals surface area (Å²) in [4.78, 5) is 26.3. The minimum Gasteiger partial charge on any atom is -0.432 e. The molecule has 2 unspecified atom stereocenters. The third-order valence-electron chi connectivity index (χ3n) is 4.21. The number of nitrogens with zero attached hydrogens (tertiary/aromatic N) is 3. The monoisotopic (exact) mass is 311 g/mol. The minimum atomic E-state index is -1.13. The fraction of sp³-hybridized carbons (Fsp3) is 0.188. The van der Waals surface area contributed by atoms with Crippen LogP contribution in [0.15, 0.2) is 36.8 Å². The lowest BCUT2D eigenvalue weighted by Gasteiger charge is -2.24. The molecule has 2 aliphatic heterocycles. The largest absolute Gasteiger partial charge is 0.567 e. The number of carboxylic acid groups (broad SMARTS) is 1. The van der Waals surface area contributed by atoms with Crippen molar-refractivity contribution >= 4 is 17.9 Å². The van der Waals surface area contributed by atoms with Crippen molar-refractivity contribution < 1.29 is 14.7 Å². The summed E-state index contributed by atoms with van der Waals surface area (Å²) in [6, 6.07) is 7.26. The smallest absolute Gasteiger partial charge is 0.432 e. The summed E-state index contributed by atoms with van der Waals surface area (Å²) >= 11 is 0. The molecule has 0 saturated heterocycles. The molecular formula is C16H15N4O3+. The average molecular weight is 311 g/mol. The maximum Gasteiger partial charge on any atom is 0.567 e. The van der Waals surface area contributed by atoms with E-state index in [1.807, 2.05) is 19.1 Å². The molecular weight excluding hydrogens is 296 g/mol. The van der Waals surface area contributed by atoms with Crippen LogP contribution in [0.1, 0.15) is 29.8 Å². The van der Waals surface area contributed by atoms with Crippen LogP contribution >= 0.6 is 0 Å². The van der Waals surface area contributed by atoms with Gasteiger partial charge in [0.05, 0.1) is 11.3 Å². The first-order valence-corrected chi connectivity index (χ1v) is 7.29. The molecule has 1 aromatic heterocycles. The van der Waals surface area contributed by atoms with Gasteiger partial charge in [-0.05, 0) is 13.0 Å². The van der Waals surface area contributed by atoms with E-state index in [0.29, 0.717) is 12.2 Å². The van der Waals surface area contributed by atoms with Gasteiger partial charge in [0, 0.05) is 34.9 Å². The van der Waals surface area contributed by atoms with Gasteiger partial charge < -0.3 is 10.4 Å². The van der Waals surface area contributed by atoms with Crippen LogP contribution in [0.4, 0.5) is 10.5 Å². The number of fused-ring (bicyclic) bond motifs is 2. The Kier molecular flexibility index (Phi) is 2.93. The number of benzene rings is 1. The van der Waals surface area contributed by atoms with Gasteiger partial charge in [-0.2, -0.15) is 9.78 Å². The number of amides is 1. The van der Waals surface area contributed by atoms with Crippen LogP contribution in [0.25, 0.3) is 6.08 Å². The van der Waals surface area contributed by atoms with Crippen molar-refractivity contribution in [3.8, 4) is 5.88 Å². The Morgan fingerprint density at radius 1 is 1.39 bits per heavy atom. The molecule has 2 N–H and O–H groups in total. The van der Waals surface area contributed by atoms with E-state index in [-0.39, 0.29) is 11.9 Å². The number of hydroxylamine groups is 2. The Balaban J connectivity index is 1.83. The van der Waals surface area contributed by atoms with Crippen LogP contribution in [-0.4, -0.2) is 21.2 Å². The summed E-state index contributed by atoms with van der Waals surface area (Å²) in [6.45, 7) is 2.59. The van der Waals surface area contributed by atoms with Gasteiger partial charge in [0.15, 0.2) is 11.9 Å². The molecule has 2 atom stereocenters. The number of rotatable bonds is 2. The third-order valence-corrected chi connectivity index (χ3v) is 4.21. The zero-order chi connectivity index (χ0) is 16.0. The Morgan fingerprint density at radius 2 is 2.22 bits per heavy atom. The van der Waals surface area contributed by atoms with Gasteiger partial charge in [-0.25, -0.2) is 4.98 Å². The van der Waals surface area contributed by atoms with Gasteiger partial charge in [-0.3, -0.25) is 4.84 Å². The summed E-state index contributed by atoms with van der Waals surface area (Å²) in [7, 11) is 0. The molecule has 7 heteroatoms. The van der Waals surface area contributed by atoms with Crippen LogP contribution < -0.4 is 14.8 Å². The van der Waals surface area contributed by atoms with Crippen molar-refractivity contribution in [1.82, 2.24) is 19.9 Å². The van der Waals surface area contributed by atoms with Gasteiger partial charge >= 0.3 is 6.09 Å². The number of para-hydroxylation sites is 1. The Morgan fingerprint density at radius 3 is 3.04 bits per heavy atom. The highest BCUT2D eigenvalue weighted by molar-refractivity contribution is 5.89. The predicted molar refractivity (Wildman–Crippen MR) is 83.2 cm³/mol. The second-order valence-corrected chi connectivity index (χ2v) is 5.55. The van der Waals surface area contributed by atoms with E-state index in [9.17, 15) is 9.90 Å². The maximum absolute atomic E-state index is 12.0. The third kappa shape index (κ3) is 1.94. The van der Waals surface area contributed by atoms with E-state index >= 15 is 0 Å². The van der Waals surface area contributed by atoms with E-state index in [1.165, 1.54) is 12.5 Å². The van der Waals surface area contributed by atoms with Crippen molar-refractivity contribution in [2.45, 2.75) is 19.5 Å². The first-order chi connectivity index (χ1) is 11.1. The second-order valence-electron chi connectivity index (χ2n) is 5.55. The topological polar surface area (TPSA) is 84.3 Å². The van der Waals surface area contributed by atoms with E-state index in [1.54, 1.807) is 18.2 Å². The molecule has 0 spiro atoms. The molecule has 3 heterocycles. The van der Waals surface area contributed by atoms with Gasteiger partial charge in [-0.1, -0.05) is 12.1 Å². The van der Waals surface area contributed by atoms with E-state index in [2.05, 4.69) is 15.3 Å². The molecule has 7 nitrogen and oxygen atoms in total. The van der Waals surface area contributed by atoms with E-state index in [4.69, 9.17) is 4.84 Å².